The molecule has 0 bridgehead atoms. The Morgan fingerprint density at radius 2 is 0.961 bits per heavy atom. The molecule has 3 saturated heterocycles. The number of carboxylic acids is 3. The van der Waals surface area contributed by atoms with E-state index < -0.39 is 95.1 Å². The summed E-state index contributed by atoms with van der Waals surface area (Å²) in [5.74, 6) is -4.84. The highest BCUT2D eigenvalue weighted by Gasteiger charge is 2.43. The highest BCUT2D eigenvalue weighted by Crippen LogP contribution is 2.41. The van der Waals surface area contributed by atoms with E-state index in [4.69, 9.17) is 50.3 Å². The lowest BCUT2D eigenvalue weighted by atomic mass is 9.94. The van der Waals surface area contributed by atoms with E-state index in [1.165, 1.54) is 70.4 Å². The SMILES string of the molecule is CCOC(=O)C1=C(CN2CC(C)(C)OCC2C(=O)O)NC(c2nccs2)=NC1c1ccc(F)cc1Cl.CCOC(=O)C1=C(CN2CCCC2C(=O)O)NC(c2nccs2)=NC1c1ccc(F)cc1Br.CCOC(=O)C1=C(CN2CCOCC2C(=O)O)NC(c2nccs2)=NC1c1ccc(F)cc1Br. The van der Waals surface area contributed by atoms with Crippen LogP contribution in [0, 0.1) is 17.5 Å². The van der Waals surface area contributed by atoms with Gasteiger partial charge in [0.2, 0.25) is 0 Å². The number of amidine groups is 3. The molecule has 6 unspecified atom stereocenters. The number of esters is 3. The molecule has 0 radical (unpaired) electrons. The van der Waals surface area contributed by atoms with Crippen LogP contribution < -0.4 is 16.0 Å². The Morgan fingerprint density at radius 1 is 0.573 bits per heavy atom. The number of thiazole rings is 3. The van der Waals surface area contributed by atoms with Crippen molar-refractivity contribution < 1.29 is 80.9 Å². The number of carbonyl (C=O) groups excluding carboxylic acids is 3. The van der Waals surface area contributed by atoms with Gasteiger partial charge in [-0.05, 0) is 102 Å². The number of aliphatic imine (C=N–C) groups is 3. The van der Waals surface area contributed by atoms with Crippen LogP contribution in [0.15, 0.2) is 147 Å². The number of hydrogen-bond donors (Lipinski definition) is 6. The first-order chi connectivity index (χ1) is 49.4. The lowest BCUT2D eigenvalue weighted by Gasteiger charge is -2.42. The molecule has 0 spiro atoms. The monoisotopic (exact) mass is 1620 g/mol. The van der Waals surface area contributed by atoms with Crippen molar-refractivity contribution >= 4 is 131 Å². The molecule has 3 fully saturated rings. The molecule has 3 aromatic carbocycles. The summed E-state index contributed by atoms with van der Waals surface area (Å²) in [5, 5.41) is 46.0. The normalized spacial score (nSPS) is 21.4. The quantitative estimate of drug-likeness (QED) is 0.0288. The minimum absolute atomic E-state index is 0.00893. The number of halogens is 6. The van der Waals surface area contributed by atoms with Gasteiger partial charge < -0.3 is 55.0 Å². The molecule has 6 aliphatic rings. The summed E-state index contributed by atoms with van der Waals surface area (Å²) in [4.78, 5) is 108. The van der Waals surface area contributed by atoms with E-state index >= 15 is 0 Å². The Balaban J connectivity index is 0.000000166. The van der Waals surface area contributed by atoms with E-state index in [0.29, 0.717) is 108 Å². The van der Waals surface area contributed by atoms with Crippen molar-refractivity contribution in [1.82, 2.24) is 45.6 Å². The van der Waals surface area contributed by atoms with E-state index in [0.717, 1.165) is 12.5 Å². The first-order valence-corrected chi connectivity index (χ1v) is 36.9. The minimum Gasteiger partial charge on any atom is -0.480 e. The molecule has 0 amide bonds. The third-order valence-electron chi connectivity index (χ3n) is 16.7. The van der Waals surface area contributed by atoms with Crippen LogP contribution in [0.5, 0.6) is 0 Å². The topological polar surface area (TPSA) is 331 Å². The Morgan fingerprint density at radius 3 is 1.35 bits per heavy atom. The Hall–Kier alpha value is -8.16. The fraction of sp³-hybridized carbons (Fsp3) is 0.382. The van der Waals surface area contributed by atoms with Crippen molar-refractivity contribution in [3.05, 3.63) is 186 Å². The van der Waals surface area contributed by atoms with Gasteiger partial charge in [-0.3, -0.25) is 44.1 Å². The van der Waals surface area contributed by atoms with Gasteiger partial charge in [0.15, 0.2) is 32.5 Å². The van der Waals surface area contributed by atoms with Gasteiger partial charge in [-0.2, -0.15) is 0 Å². The number of aromatic nitrogens is 3. The van der Waals surface area contributed by atoms with Crippen molar-refractivity contribution in [1.29, 1.82) is 0 Å². The smallest absolute Gasteiger partial charge is 0.338 e. The maximum atomic E-state index is 13.8. The second-order valence-electron chi connectivity index (χ2n) is 24.1. The number of hydrogen-bond acceptors (Lipinski definition) is 26. The number of aliphatic carboxylic acids is 3. The predicted octanol–water partition coefficient (Wildman–Crippen LogP) is 9.65. The zero-order valence-corrected chi connectivity index (χ0v) is 62.3. The maximum Gasteiger partial charge on any atom is 0.338 e. The fourth-order valence-corrected chi connectivity index (χ4v) is 15.3. The van der Waals surface area contributed by atoms with Crippen molar-refractivity contribution in [2.75, 3.05) is 78.9 Å². The molecule has 6 aromatic rings. The van der Waals surface area contributed by atoms with Crippen LogP contribution in [-0.2, 0) is 52.5 Å². The van der Waals surface area contributed by atoms with E-state index in [2.05, 4.69) is 62.8 Å². The van der Waals surface area contributed by atoms with Crippen molar-refractivity contribution in [3.63, 3.8) is 0 Å². The van der Waals surface area contributed by atoms with Gasteiger partial charge in [-0.15, -0.1) is 34.0 Å². The van der Waals surface area contributed by atoms with Gasteiger partial charge in [0.1, 0.15) is 53.7 Å². The molecule has 103 heavy (non-hydrogen) atoms. The maximum absolute atomic E-state index is 13.8. The number of carboxylic acid groups (broad SMARTS) is 3. The van der Waals surface area contributed by atoms with Crippen molar-refractivity contribution in [2.45, 2.75) is 89.3 Å². The second kappa shape index (κ2) is 35.1. The lowest BCUT2D eigenvalue weighted by Crippen LogP contribution is -2.58. The van der Waals surface area contributed by atoms with Gasteiger partial charge >= 0.3 is 35.8 Å². The molecular weight excluding hydrogens is 1560 g/mol. The number of nitrogens with zero attached hydrogens (tertiary/aromatic N) is 9. The van der Waals surface area contributed by atoms with Gasteiger partial charge in [-0.1, -0.05) is 61.7 Å². The van der Waals surface area contributed by atoms with E-state index in [-0.39, 0.29) is 74.4 Å². The van der Waals surface area contributed by atoms with Gasteiger partial charge in [0, 0.05) is 104 Å². The van der Waals surface area contributed by atoms with Crippen LogP contribution in [0.3, 0.4) is 0 Å². The summed E-state index contributed by atoms with van der Waals surface area (Å²) in [7, 11) is 0. The van der Waals surface area contributed by atoms with Crippen LogP contribution >= 0.6 is 77.5 Å². The summed E-state index contributed by atoms with van der Waals surface area (Å²) in [6.07, 6.45) is 6.20. The molecule has 546 valence electrons. The standard InChI is InChI=1S/C24H26ClFN4O5S.C22H22BrFN4O5S.C22H22BrFN4O4S/c1-4-34-23(33)18-16(10-30-12-24(2,3)35-11-17(30)22(31)32)28-20(21-27-7-8-36-21)29-19(18)14-6-5-13(26)9-15(14)25;1-2-33-22(31)17-15(10-28-6-7-32-11-16(28)21(29)30)26-19(20-25-5-8-34-20)27-18(17)13-4-3-12(24)9-14(13)23;1-2-32-22(31)17-15(11-28-8-3-4-16(28)21(29)30)26-19(20-25-7-9-33-20)27-18(17)13-6-5-12(24)10-14(13)23/h5-9,17,19H,4,10-12H2,1-3H3,(H,28,29)(H,31,32);3-5,8-9,16,18H,2,6-7,10-11H2,1H3,(H,26,27)(H,29,30);5-7,9-10,16,18H,2-4,8,11H2,1H3,(H,26,27)(H,29,30). The Bertz CT molecular complexity index is 4340. The summed E-state index contributed by atoms with van der Waals surface area (Å²) in [6.45, 7) is 11.3. The molecule has 35 heteroatoms. The van der Waals surface area contributed by atoms with Crippen LogP contribution in [0.1, 0.15) is 97.3 Å². The van der Waals surface area contributed by atoms with E-state index in [9.17, 15) is 57.3 Å². The zero-order chi connectivity index (χ0) is 73.8. The highest BCUT2D eigenvalue weighted by molar-refractivity contribution is 9.10. The molecule has 0 aliphatic carbocycles. The second-order valence-corrected chi connectivity index (χ2v) is 28.9. The molecule has 26 nitrogen and oxygen atoms in total. The fourth-order valence-electron chi connectivity index (χ4n) is 12.1. The summed E-state index contributed by atoms with van der Waals surface area (Å²) in [6, 6.07) is 7.27. The van der Waals surface area contributed by atoms with Crippen LogP contribution in [0.4, 0.5) is 13.2 Å². The average Bonchev–Trinajstić information content (AvgIpc) is 1.54. The molecule has 6 N–H and O–H groups in total. The summed E-state index contributed by atoms with van der Waals surface area (Å²) >= 11 is 17.3. The predicted molar refractivity (Wildman–Crippen MR) is 383 cm³/mol. The Labute approximate surface area is 622 Å². The van der Waals surface area contributed by atoms with Crippen LogP contribution in [0.2, 0.25) is 5.02 Å². The summed E-state index contributed by atoms with van der Waals surface area (Å²) in [5.41, 5.74) is 2.98. The first-order valence-electron chi connectivity index (χ1n) is 32.3. The molecule has 6 atom stereocenters. The van der Waals surface area contributed by atoms with Crippen molar-refractivity contribution in [3.8, 4) is 0 Å². The third-order valence-corrected chi connectivity index (χ3v) is 20.8. The molecule has 3 aromatic heterocycles. The van der Waals surface area contributed by atoms with Gasteiger partial charge in [0.05, 0.1) is 62.0 Å². The molecule has 0 saturated carbocycles. The van der Waals surface area contributed by atoms with Crippen LogP contribution in [-0.4, -0.2) is 201 Å². The molecule has 12 rings (SSSR count). The van der Waals surface area contributed by atoms with Gasteiger partial charge in [0.25, 0.3) is 0 Å². The lowest BCUT2D eigenvalue weighted by molar-refractivity contribution is -0.161. The largest absolute Gasteiger partial charge is 0.480 e. The van der Waals surface area contributed by atoms with Gasteiger partial charge in [-0.25, -0.2) is 42.5 Å². The molecular formula is C68H70Br2ClF3N12O14S3. The third kappa shape index (κ3) is 18.9. The zero-order valence-electron chi connectivity index (χ0n) is 55.9. The number of benzene rings is 3. The number of ether oxygens (including phenoxy) is 5. The number of likely N-dealkylation sites (tertiary alicyclic amines) is 1. The molecule has 6 aliphatic heterocycles. The number of morpholine rings is 2. The minimum atomic E-state index is -1.04. The average molecular weight is 1630 g/mol. The van der Waals surface area contributed by atoms with Crippen molar-refractivity contribution in [2.24, 2.45) is 15.0 Å². The highest BCUT2D eigenvalue weighted by atomic mass is 79.9. The number of nitrogens with one attached hydrogen (secondary N) is 3. The van der Waals surface area contributed by atoms with Crippen LogP contribution in [0.25, 0.3) is 0 Å². The first kappa shape index (κ1) is 77.5. The summed E-state index contributed by atoms with van der Waals surface area (Å²) < 4.78 is 69.5. The Kier molecular flexibility index (Phi) is 26.4. The number of carbonyl (C=O) groups is 6. The number of rotatable bonds is 21. The molecule has 9 heterocycles. The van der Waals surface area contributed by atoms with E-state index in [1.807, 2.05) is 24.1 Å². The van der Waals surface area contributed by atoms with E-state index in [1.54, 1.807) is 72.1 Å².